The number of hydrogen-bond acceptors (Lipinski definition) is 1. The van der Waals surface area contributed by atoms with Crippen molar-refractivity contribution >= 4 is 0 Å². The van der Waals surface area contributed by atoms with Crippen LogP contribution in [0.15, 0.2) is 35.9 Å². The first-order chi connectivity index (χ1) is 10.3. The Hall–Kier alpha value is -1.08. The summed E-state index contributed by atoms with van der Waals surface area (Å²) in [4.78, 5) is 0. The van der Waals surface area contributed by atoms with Gasteiger partial charge in [0, 0.05) is 6.04 Å². The number of nitrogens with one attached hydrogen (secondary N) is 1. The maximum absolute atomic E-state index is 3.72. The summed E-state index contributed by atoms with van der Waals surface area (Å²) in [6, 6.07) is 9.39. The largest absolute Gasteiger partial charge is 0.311 e. The van der Waals surface area contributed by atoms with Crippen LogP contribution in [0, 0.1) is 6.92 Å². The molecular formula is C20H31N. The van der Waals surface area contributed by atoms with Crippen molar-refractivity contribution in [2.24, 2.45) is 0 Å². The van der Waals surface area contributed by atoms with E-state index in [4.69, 9.17) is 0 Å². The van der Waals surface area contributed by atoms with Gasteiger partial charge in [0.25, 0.3) is 0 Å². The lowest BCUT2D eigenvalue weighted by atomic mass is 9.91. The van der Waals surface area contributed by atoms with Gasteiger partial charge >= 0.3 is 0 Å². The van der Waals surface area contributed by atoms with Crippen LogP contribution in [-0.4, -0.2) is 12.6 Å². The van der Waals surface area contributed by atoms with Crippen LogP contribution in [0.1, 0.15) is 63.0 Å². The molecular weight excluding hydrogens is 254 g/mol. The second kappa shape index (κ2) is 9.04. The Kier molecular flexibility index (Phi) is 7.02. The van der Waals surface area contributed by atoms with Crippen LogP contribution in [-0.2, 0) is 6.42 Å². The zero-order chi connectivity index (χ0) is 14.9. The fourth-order valence-corrected chi connectivity index (χ4v) is 3.39. The monoisotopic (exact) mass is 285 g/mol. The predicted octanol–water partition coefficient (Wildman–Crippen LogP) is 5.19. The lowest BCUT2D eigenvalue weighted by Crippen LogP contribution is -2.31. The van der Waals surface area contributed by atoms with Crippen LogP contribution in [0.3, 0.4) is 0 Å². The van der Waals surface area contributed by atoms with Gasteiger partial charge in [0.05, 0.1) is 0 Å². The fraction of sp³-hybridized carbons (Fsp3) is 0.600. The Morgan fingerprint density at radius 3 is 2.71 bits per heavy atom. The van der Waals surface area contributed by atoms with Gasteiger partial charge in [0.1, 0.15) is 0 Å². The SMILES string of the molecule is CCNC(CCc1ccccc1C)/C1=C/CCCCCC1. The molecule has 1 N–H and O–H groups in total. The molecule has 0 saturated heterocycles. The highest BCUT2D eigenvalue weighted by Crippen LogP contribution is 2.22. The van der Waals surface area contributed by atoms with E-state index in [1.165, 1.54) is 62.5 Å². The van der Waals surface area contributed by atoms with Crippen molar-refractivity contribution in [1.82, 2.24) is 5.32 Å². The van der Waals surface area contributed by atoms with E-state index in [0.29, 0.717) is 6.04 Å². The second-order valence-electron chi connectivity index (χ2n) is 6.31. The lowest BCUT2D eigenvalue weighted by molar-refractivity contribution is 0.512. The van der Waals surface area contributed by atoms with Crippen molar-refractivity contribution in [3.8, 4) is 0 Å². The maximum Gasteiger partial charge on any atom is 0.0282 e. The van der Waals surface area contributed by atoms with E-state index >= 15 is 0 Å². The molecule has 116 valence electrons. The third kappa shape index (κ3) is 5.32. The van der Waals surface area contributed by atoms with Gasteiger partial charge in [0.2, 0.25) is 0 Å². The van der Waals surface area contributed by atoms with E-state index in [9.17, 15) is 0 Å². The summed E-state index contributed by atoms with van der Waals surface area (Å²) >= 11 is 0. The minimum atomic E-state index is 0.577. The fourth-order valence-electron chi connectivity index (χ4n) is 3.39. The third-order valence-electron chi connectivity index (χ3n) is 4.69. The lowest BCUT2D eigenvalue weighted by Gasteiger charge is -2.23. The molecule has 1 aromatic carbocycles. The number of aryl methyl sites for hydroxylation is 2. The molecule has 21 heavy (non-hydrogen) atoms. The van der Waals surface area contributed by atoms with E-state index in [0.717, 1.165) is 6.54 Å². The quantitative estimate of drug-likeness (QED) is 0.710. The van der Waals surface area contributed by atoms with E-state index < -0.39 is 0 Å². The Morgan fingerprint density at radius 2 is 1.90 bits per heavy atom. The van der Waals surface area contributed by atoms with Gasteiger partial charge in [-0.25, -0.2) is 0 Å². The Morgan fingerprint density at radius 1 is 1.10 bits per heavy atom. The minimum Gasteiger partial charge on any atom is -0.311 e. The minimum absolute atomic E-state index is 0.577. The molecule has 0 aliphatic heterocycles. The molecule has 0 heterocycles. The highest BCUT2D eigenvalue weighted by Gasteiger charge is 2.14. The van der Waals surface area contributed by atoms with Gasteiger partial charge < -0.3 is 5.32 Å². The van der Waals surface area contributed by atoms with Crippen LogP contribution in [0.2, 0.25) is 0 Å². The summed E-state index contributed by atoms with van der Waals surface area (Å²) < 4.78 is 0. The average Bonchev–Trinajstić information content (AvgIpc) is 2.45. The Labute approximate surface area is 130 Å². The van der Waals surface area contributed by atoms with Crippen molar-refractivity contribution in [1.29, 1.82) is 0 Å². The molecule has 0 spiro atoms. The molecule has 1 nitrogen and oxygen atoms in total. The zero-order valence-corrected chi connectivity index (χ0v) is 13.8. The summed E-state index contributed by atoms with van der Waals surface area (Å²) in [6.07, 6.45) is 13.1. The summed E-state index contributed by atoms with van der Waals surface area (Å²) in [7, 11) is 0. The van der Waals surface area contributed by atoms with Crippen molar-refractivity contribution in [2.45, 2.75) is 71.3 Å². The van der Waals surface area contributed by atoms with Crippen LogP contribution in [0.25, 0.3) is 0 Å². The first kappa shape index (κ1) is 16.3. The topological polar surface area (TPSA) is 12.0 Å². The molecule has 0 amide bonds. The molecule has 1 aliphatic rings. The maximum atomic E-state index is 3.72. The Balaban J connectivity index is 1.99. The molecule has 0 fully saturated rings. The summed E-state index contributed by atoms with van der Waals surface area (Å²) in [6.45, 7) is 5.52. The molecule has 0 radical (unpaired) electrons. The van der Waals surface area contributed by atoms with E-state index in [2.05, 4.69) is 49.5 Å². The predicted molar refractivity (Wildman–Crippen MR) is 92.7 cm³/mol. The highest BCUT2D eigenvalue weighted by molar-refractivity contribution is 5.26. The zero-order valence-electron chi connectivity index (χ0n) is 13.8. The van der Waals surface area contributed by atoms with Crippen molar-refractivity contribution < 1.29 is 0 Å². The molecule has 1 unspecified atom stereocenters. The molecule has 0 bridgehead atoms. The van der Waals surface area contributed by atoms with Crippen LogP contribution in [0.4, 0.5) is 0 Å². The van der Waals surface area contributed by atoms with E-state index in [1.54, 1.807) is 5.57 Å². The number of hydrogen-bond donors (Lipinski definition) is 1. The molecule has 1 heteroatoms. The molecule has 1 aliphatic carbocycles. The molecule has 2 rings (SSSR count). The summed E-state index contributed by atoms with van der Waals surface area (Å²) in [5, 5.41) is 3.72. The van der Waals surface area contributed by atoms with Crippen LogP contribution < -0.4 is 5.32 Å². The first-order valence-electron chi connectivity index (χ1n) is 8.78. The smallest absolute Gasteiger partial charge is 0.0282 e. The summed E-state index contributed by atoms with van der Waals surface area (Å²) in [5.41, 5.74) is 4.61. The number of rotatable bonds is 6. The van der Waals surface area contributed by atoms with Gasteiger partial charge in [-0.15, -0.1) is 0 Å². The Bertz CT molecular complexity index is 447. The summed E-state index contributed by atoms with van der Waals surface area (Å²) in [5.74, 6) is 0. The van der Waals surface area contributed by atoms with E-state index in [1.807, 2.05) is 0 Å². The van der Waals surface area contributed by atoms with Crippen LogP contribution >= 0.6 is 0 Å². The van der Waals surface area contributed by atoms with Gasteiger partial charge in [-0.1, -0.05) is 55.7 Å². The normalized spacial score (nSPS) is 20.2. The van der Waals surface area contributed by atoms with Crippen molar-refractivity contribution in [3.63, 3.8) is 0 Å². The van der Waals surface area contributed by atoms with Crippen molar-refractivity contribution in [3.05, 3.63) is 47.0 Å². The van der Waals surface area contributed by atoms with Gasteiger partial charge in [0.15, 0.2) is 0 Å². The number of benzene rings is 1. The molecule has 1 atom stereocenters. The molecule has 0 aromatic heterocycles. The highest BCUT2D eigenvalue weighted by atomic mass is 14.9. The van der Waals surface area contributed by atoms with Gasteiger partial charge in [-0.3, -0.25) is 0 Å². The number of likely N-dealkylation sites (N-methyl/N-ethyl adjacent to an activating group) is 1. The first-order valence-corrected chi connectivity index (χ1v) is 8.78. The standard InChI is InChI=1S/C20H31N/c1-3-21-20(19-13-7-5-4-6-8-14-19)16-15-18-12-10-9-11-17(18)2/h9-13,20-21H,3-8,14-16H2,1-2H3/b19-13+. The molecule has 1 aromatic rings. The van der Waals surface area contributed by atoms with Crippen LogP contribution in [0.5, 0.6) is 0 Å². The average molecular weight is 285 g/mol. The van der Waals surface area contributed by atoms with Gasteiger partial charge in [-0.05, 0) is 63.1 Å². The molecule has 0 saturated carbocycles. The second-order valence-corrected chi connectivity index (χ2v) is 6.31. The van der Waals surface area contributed by atoms with E-state index in [-0.39, 0.29) is 0 Å². The number of allylic oxidation sites excluding steroid dienone is 1. The third-order valence-corrected chi connectivity index (χ3v) is 4.69. The van der Waals surface area contributed by atoms with Gasteiger partial charge in [-0.2, -0.15) is 0 Å². The van der Waals surface area contributed by atoms with Crippen molar-refractivity contribution in [2.75, 3.05) is 6.54 Å².